The number of hydrogen-bond donors (Lipinski definition) is 0. The zero-order chi connectivity index (χ0) is 9.09. The standard InChI is InChI=1S/C11H16O/c1-6-5-8-9(11(8,3)4)10(12)7(6)2/h6,8-9H,2,5H2,1,3-4H3/t6?,8-,9-/m0/s1. The van der Waals surface area contributed by atoms with Crippen molar-refractivity contribution in [1.82, 2.24) is 0 Å². The Bertz CT molecular complexity index is 262. The molecule has 0 aromatic rings. The van der Waals surface area contributed by atoms with Crippen LogP contribution >= 0.6 is 0 Å². The number of carbonyl (C=O) groups excluding carboxylic acids is 1. The average molecular weight is 164 g/mol. The van der Waals surface area contributed by atoms with Gasteiger partial charge in [0.2, 0.25) is 0 Å². The highest BCUT2D eigenvalue weighted by atomic mass is 16.1. The summed E-state index contributed by atoms with van der Waals surface area (Å²) >= 11 is 0. The number of Topliss-reactive ketones (excluding diaryl/α,β-unsaturated/α-hetero) is 1. The van der Waals surface area contributed by atoms with Gasteiger partial charge in [-0.2, -0.15) is 0 Å². The Balaban J connectivity index is 2.27. The van der Waals surface area contributed by atoms with Crippen LogP contribution in [0.1, 0.15) is 27.2 Å². The summed E-state index contributed by atoms with van der Waals surface area (Å²) in [6.07, 6.45) is 1.17. The fourth-order valence-electron chi connectivity index (χ4n) is 2.67. The number of hydrogen-bond acceptors (Lipinski definition) is 1. The molecular formula is C11H16O. The molecule has 0 spiro atoms. The van der Waals surface area contributed by atoms with Gasteiger partial charge < -0.3 is 0 Å². The zero-order valence-electron chi connectivity index (χ0n) is 8.05. The van der Waals surface area contributed by atoms with Crippen LogP contribution in [0, 0.1) is 23.2 Å². The maximum absolute atomic E-state index is 11.7. The summed E-state index contributed by atoms with van der Waals surface area (Å²) in [7, 11) is 0. The van der Waals surface area contributed by atoms with Crippen LogP contribution in [-0.2, 0) is 4.79 Å². The minimum atomic E-state index is 0.269. The summed E-state index contributed by atoms with van der Waals surface area (Å²) in [4.78, 5) is 11.7. The van der Waals surface area contributed by atoms with Gasteiger partial charge in [0.25, 0.3) is 0 Å². The van der Waals surface area contributed by atoms with Gasteiger partial charge in [0, 0.05) is 5.92 Å². The highest BCUT2D eigenvalue weighted by Gasteiger charge is 2.63. The maximum atomic E-state index is 11.7. The molecule has 66 valence electrons. The molecule has 0 amide bonds. The van der Waals surface area contributed by atoms with Crippen LogP contribution in [0.2, 0.25) is 0 Å². The Morgan fingerprint density at radius 3 is 2.67 bits per heavy atom. The van der Waals surface area contributed by atoms with E-state index >= 15 is 0 Å². The van der Waals surface area contributed by atoms with E-state index in [1.807, 2.05) is 0 Å². The molecule has 12 heavy (non-hydrogen) atoms. The fourth-order valence-corrected chi connectivity index (χ4v) is 2.67. The highest BCUT2D eigenvalue weighted by molar-refractivity contribution is 6.00. The van der Waals surface area contributed by atoms with Crippen LogP contribution in [-0.4, -0.2) is 5.78 Å². The summed E-state index contributed by atoms with van der Waals surface area (Å²) in [6.45, 7) is 10.4. The van der Waals surface area contributed by atoms with E-state index in [9.17, 15) is 4.79 Å². The van der Waals surface area contributed by atoms with E-state index in [4.69, 9.17) is 0 Å². The van der Waals surface area contributed by atoms with Crippen LogP contribution in [0.5, 0.6) is 0 Å². The van der Waals surface area contributed by atoms with Crippen LogP contribution in [0.3, 0.4) is 0 Å². The largest absolute Gasteiger partial charge is 0.294 e. The number of rotatable bonds is 0. The Labute approximate surface area is 73.8 Å². The number of ketones is 1. The lowest BCUT2D eigenvalue weighted by Crippen LogP contribution is -2.18. The SMILES string of the molecule is C=C1C(=O)[C@@H]2[C@H](CC1C)C2(C)C. The molecule has 1 unspecified atom stereocenters. The van der Waals surface area contributed by atoms with E-state index in [0.717, 1.165) is 5.57 Å². The minimum absolute atomic E-state index is 0.269. The molecule has 3 atom stereocenters. The lowest BCUT2D eigenvalue weighted by molar-refractivity contribution is -0.118. The highest BCUT2D eigenvalue weighted by Crippen LogP contribution is 2.64. The van der Waals surface area contributed by atoms with E-state index in [0.29, 0.717) is 23.5 Å². The molecular weight excluding hydrogens is 148 g/mol. The van der Waals surface area contributed by atoms with Crippen molar-refractivity contribution in [2.24, 2.45) is 23.2 Å². The first-order valence-electron chi connectivity index (χ1n) is 4.69. The second-order valence-electron chi connectivity index (χ2n) is 4.93. The maximum Gasteiger partial charge on any atom is 0.162 e. The summed E-state index contributed by atoms with van der Waals surface area (Å²) in [5.74, 6) is 1.70. The normalized spacial score (nSPS) is 44.1. The second kappa shape index (κ2) is 2.01. The molecule has 0 radical (unpaired) electrons. The van der Waals surface area contributed by atoms with Crippen molar-refractivity contribution in [3.8, 4) is 0 Å². The molecule has 0 aliphatic heterocycles. The van der Waals surface area contributed by atoms with E-state index in [1.54, 1.807) is 0 Å². The van der Waals surface area contributed by atoms with Gasteiger partial charge in [0.05, 0.1) is 0 Å². The van der Waals surface area contributed by atoms with E-state index in [-0.39, 0.29) is 5.41 Å². The molecule has 0 N–H and O–H groups in total. The van der Waals surface area contributed by atoms with Gasteiger partial charge in [-0.3, -0.25) is 4.79 Å². The Morgan fingerprint density at radius 1 is 1.50 bits per heavy atom. The number of fused-ring (bicyclic) bond motifs is 1. The molecule has 0 saturated heterocycles. The van der Waals surface area contributed by atoms with Crippen molar-refractivity contribution in [3.05, 3.63) is 12.2 Å². The second-order valence-corrected chi connectivity index (χ2v) is 4.93. The van der Waals surface area contributed by atoms with Crippen LogP contribution in [0.25, 0.3) is 0 Å². The zero-order valence-corrected chi connectivity index (χ0v) is 8.05. The van der Waals surface area contributed by atoms with Gasteiger partial charge in [0.15, 0.2) is 5.78 Å². The van der Waals surface area contributed by atoms with E-state index < -0.39 is 0 Å². The van der Waals surface area contributed by atoms with Crippen LogP contribution in [0.15, 0.2) is 12.2 Å². The number of allylic oxidation sites excluding steroid dienone is 1. The van der Waals surface area contributed by atoms with Crippen molar-refractivity contribution in [1.29, 1.82) is 0 Å². The molecule has 2 rings (SSSR count). The Kier molecular flexibility index (Phi) is 1.35. The quantitative estimate of drug-likeness (QED) is 0.502. The molecule has 0 heterocycles. The van der Waals surface area contributed by atoms with Gasteiger partial charge in [-0.15, -0.1) is 0 Å². The first-order chi connectivity index (χ1) is 5.46. The van der Waals surface area contributed by atoms with Crippen LogP contribution in [0.4, 0.5) is 0 Å². The molecule has 1 nitrogen and oxygen atoms in total. The van der Waals surface area contributed by atoms with Gasteiger partial charge in [-0.05, 0) is 29.2 Å². The molecule has 0 aromatic carbocycles. The monoisotopic (exact) mass is 164 g/mol. The average Bonchev–Trinajstić information content (AvgIpc) is 2.49. The van der Waals surface area contributed by atoms with Crippen molar-refractivity contribution in [2.75, 3.05) is 0 Å². The van der Waals surface area contributed by atoms with E-state index in [2.05, 4.69) is 27.4 Å². The lowest BCUT2D eigenvalue weighted by Gasteiger charge is -2.17. The molecule has 0 aromatic heterocycles. The minimum Gasteiger partial charge on any atom is -0.294 e. The van der Waals surface area contributed by atoms with Crippen molar-refractivity contribution in [2.45, 2.75) is 27.2 Å². The third kappa shape index (κ3) is 0.769. The number of carbonyl (C=O) groups is 1. The first-order valence-corrected chi connectivity index (χ1v) is 4.69. The van der Waals surface area contributed by atoms with Crippen molar-refractivity contribution < 1.29 is 4.79 Å². The van der Waals surface area contributed by atoms with Crippen LogP contribution < -0.4 is 0 Å². The summed E-state index contributed by atoms with van der Waals surface area (Å²) < 4.78 is 0. The summed E-state index contributed by atoms with van der Waals surface area (Å²) in [5, 5.41) is 0. The predicted octanol–water partition coefficient (Wildman–Crippen LogP) is 2.42. The van der Waals surface area contributed by atoms with Gasteiger partial charge in [0.1, 0.15) is 0 Å². The topological polar surface area (TPSA) is 17.1 Å². The first kappa shape index (κ1) is 8.03. The molecule has 2 saturated carbocycles. The smallest absolute Gasteiger partial charge is 0.162 e. The third-order valence-electron chi connectivity index (χ3n) is 3.85. The molecule has 2 aliphatic rings. The molecule has 2 aliphatic carbocycles. The van der Waals surface area contributed by atoms with Gasteiger partial charge >= 0.3 is 0 Å². The lowest BCUT2D eigenvalue weighted by atomic mass is 9.86. The van der Waals surface area contributed by atoms with Gasteiger partial charge in [-0.25, -0.2) is 0 Å². The summed E-state index contributed by atoms with van der Waals surface area (Å²) in [5.41, 5.74) is 1.13. The Morgan fingerprint density at radius 2 is 2.08 bits per heavy atom. The molecule has 2 fully saturated rings. The molecule has 0 bridgehead atoms. The predicted molar refractivity (Wildman–Crippen MR) is 48.7 cm³/mol. The Hall–Kier alpha value is -0.590. The van der Waals surface area contributed by atoms with Crippen molar-refractivity contribution in [3.63, 3.8) is 0 Å². The fraction of sp³-hybridized carbons (Fsp3) is 0.727. The van der Waals surface area contributed by atoms with Gasteiger partial charge in [-0.1, -0.05) is 27.4 Å². The third-order valence-corrected chi connectivity index (χ3v) is 3.85. The van der Waals surface area contributed by atoms with Crippen molar-refractivity contribution >= 4 is 5.78 Å². The van der Waals surface area contributed by atoms with E-state index in [1.165, 1.54) is 6.42 Å². The molecule has 1 heteroatoms. The summed E-state index contributed by atoms with van der Waals surface area (Å²) in [6, 6.07) is 0.